The van der Waals surface area contributed by atoms with Gasteiger partial charge in [-0.2, -0.15) is 0 Å². The van der Waals surface area contributed by atoms with Crippen LogP contribution in [0.1, 0.15) is 75.0 Å². The van der Waals surface area contributed by atoms with Crippen molar-refractivity contribution >= 4 is 37.6 Å². The predicted octanol–water partition coefficient (Wildman–Crippen LogP) is 4.03. The first-order valence-electron chi connectivity index (χ1n) is 19.2. The number of fused-ring (bicyclic) bond motifs is 1. The van der Waals surface area contributed by atoms with E-state index in [-0.39, 0.29) is 22.9 Å². The maximum atomic E-state index is 14.2. The quantitative estimate of drug-likeness (QED) is 0.102. The number of hydrogen-bond acceptors (Lipinski definition) is 13. The van der Waals surface area contributed by atoms with Crippen molar-refractivity contribution in [3.05, 3.63) is 89.5 Å². The first kappa shape index (κ1) is 44.5. The molecule has 1 fully saturated rings. The zero-order chi connectivity index (χ0) is 41.5. The van der Waals surface area contributed by atoms with Crippen LogP contribution in [0.5, 0.6) is 0 Å². The third-order valence-corrected chi connectivity index (χ3v) is 13.2. The highest BCUT2D eigenvalue weighted by Crippen LogP contribution is 2.50. The van der Waals surface area contributed by atoms with E-state index in [0.717, 1.165) is 31.4 Å². The molecule has 15 nitrogen and oxygen atoms in total. The maximum absolute atomic E-state index is 14.2. The Morgan fingerprint density at radius 2 is 1.65 bits per heavy atom. The van der Waals surface area contributed by atoms with Gasteiger partial charge in [-0.15, -0.1) is 0 Å². The van der Waals surface area contributed by atoms with Gasteiger partial charge in [0.25, 0.3) is 0 Å². The van der Waals surface area contributed by atoms with Crippen LogP contribution in [0.3, 0.4) is 0 Å². The molecule has 0 spiro atoms. The van der Waals surface area contributed by atoms with E-state index in [0.29, 0.717) is 29.5 Å². The number of nitrogens with one attached hydrogen (secondary N) is 2. The number of carbonyl (C=O) groups excluding carboxylic acids is 1. The molecule has 0 aliphatic carbocycles. The van der Waals surface area contributed by atoms with Crippen LogP contribution < -0.4 is 15.5 Å². The molecular weight excluding hydrogens is 779 g/mol. The number of hydrogen-bond donors (Lipinski definition) is 5. The van der Waals surface area contributed by atoms with Crippen molar-refractivity contribution in [3.8, 4) is 0 Å². The molecule has 7 atom stereocenters. The second kappa shape index (κ2) is 18.9. The lowest BCUT2D eigenvalue weighted by Crippen LogP contribution is -2.64. The molecule has 0 radical (unpaired) electrons. The van der Waals surface area contributed by atoms with Crippen molar-refractivity contribution in [1.82, 2.24) is 5.32 Å². The average molecular weight is 833 g/mol. The van der Waals surface area contributed by atoms with Crippen molar-refractivity contribution in [2.24, 2.45) is 5.41 Å². The van der Waals surface area contributed by atoms with Crippen LogP contribution in [0.25, 0.3) is 0 Å². The maximum Gasteiger partial charge on any atom is 0.321 e. The number of carbonyl (C=O) groups is 1. The van der Waals surface area contributed by atoms with Crippen LogP contribution in [0.2, 0.25) is 0 Å². The van der Waals surface area contributed by atoms with Crippen LogP contribution in [-0.2, 0) is 40.5 Å². The molecule has 17 heteroatoms. The first-order chi connectivity index (χ1) is 27.0. The number of rotatable bonds is 16. The largest absolute Gasteiger partial charge is 0.726 e. The molecule has 314 valence electrons. The van der Waals surface area contributed by atoms with Gasteiger partial charge in [-0.1, -0.05) is 82.0 Å². The third-order valence-electron chi connectivity index (χ3n) is 10.8. The van der Waals surface area contributed by atoms with Gasteiger partial charge in [0, 0.05) is 36.8 Å². The van der Waals surface area contributed by atoms with Gasteiger partial charge in [0.15, 0.2) is 16.1 Å². The molecule has 1 saturated heterocycles. The minimum Gasteiger partial charge on any atom is -0.726 e. The lowest BCUT2D eigenvalue weighted by atomic mass is 9.68. The number of nitrogens with zero attached hydrogens (tertiary/aromatic N) is 1. The summed E-state index contributed by atoms with van der Waals surface area (Å²) in [6, 6.07) is 19.8. The van der Waals surface area contributed by atoms with Gasteiger partial charge < -0.3 is 44.9 Å². The second-order valence-corrected chi connectivity index (χ2v) is 18.1. The molecule has 0 unspecified atom stereocenters. The van der Waals surface area contributed by atoms with E-state index >= 15 is 0 Å². The van der Waals surface area contributed by atoms with E-state index in [1.54, 1.807) is 72.8 Å². The topological polar surface area (TPSA) is 224 Å². The Bertz CT molecular complexity index is 2030. The fraction of sp³-hybridized carbons (Fsp3) is 0.525. The highest BCUT2D eigenvalue weighted by atomic mass is 32.3. The van der Waals surface area contributed by atoms with Crippen LogP contribution in [0, 0.1) is 5.41 Å². The number of amides is 2. The number of aliphatic hydroxyl groups is 3. The van der Waals surface area contributed by atoms with E-state index in [2.05, 4.69) is 14.8 Å². The summed E-state index contributed by atoms with van der Waals surface area (Å²) in [6.07, 6.45) is -4.78. The Hall–Kier alpha value is -3.65. The van der Waals surface area contributed by atoms with E-state index in [1.165, 1.54) is 0 Å². The lowest BCUT2D eigenvalue weighted by Gasteiger charge is -2.42. The third kappa shape index (κ3) is 10.9. The summed E-state index contributed by atoms with van der Waals surface area (Å²) in [5.74, 6) is -0.991. The zero-order valence-electron chi connectivity index (χ0n) is 32.6. The van der Waals surface area contributed by atoms with Gasteiger partial charge in [-0.3, -0.25) is 4.18 Å². The number of benzene rings is 3. The second-order valence-electron chi connectivity index (χ2n) is 15.1. The Morgan fingerprint density at radius 1 is 0.965 bits per heavy atom. The number of unbranched alkanes of at least 4 members (excludes halogenated alkanes) is 2. The SMILES string of the molecule is CCCCC1(CCCC)CS(=O)(=O)c2ccc(N(C)C)cc2[C@@H](c2cccc(NC(=O)N[C@@H]3O[C@H](COS(=O)(=O)[O-])[C@@H](O)[C@H](OCc4ccccc4)[C@H]3O)c2)[C@H]1O. The van der Waals surface area contributed by atoms with Crippen molar-refractivity contribution < 1.29 is 55.2 Å². The lowest BCUT2D eigenvalue weighted by molar-refractivity contribution is -0.246. The molecule has 2 aliphatic rings. The molecule has 2 amide bonds. The monoisotopic (exact) mass is 832 g/mol. The summed E-state index contributed by atoms with van der Waals surface area (Å²) < 4.78 is 78.0. The normalized spacial score (nSPS) is 25.5. The van der Waals surface area contributed by atoms with Crippen molar-refractivity contribution in [3.63, 3.8) is 0 Å². The fourth-order valence-corrected chi connectivity index (χ4v) is 10.3. The zero-order valence-corrected chi connectivity index (χ0v) is 34.2. The van der Waals surface area contributed by atoms with E-state index in [4.69, 9.17) is 9.47 Å². The van der Waals surface area contributed by atoms with Crippen LogP contribution in [0.15, 0.2) is 77.7 Å². The molecule has 5 N–H and O–H groups in total. The molecule has 3 aromatic carbocycles. The summed E-state index contributed by atoms with van der Waals surface area (Å²) in [4.78, 5) is 15.6. The Labute approximate surface area is 335 Å². The minimum atomic E-state index is -5.18. The molecule has 3 aromatic rings. The van der Waals surface area contributed by atoms with Gasteiger partial charge >= 0.3 is 6.03 Å². The predicted molar refractivity (Wildman–Crippen MR) is 212 cm³/mol. The average Bonchev–Trinajstić information content (AvgIpc) is 3.23. The molecule has 2 aliphatic heterocycles. The summed E-state index contributed by atoms with van der Waals surface area (Å²) in [6.45, 7) is 3.08. The molecule has 5 rings (SSSR count). The van der Waals surface area contributed by atoms with Crippen LogP contribution in [-0.4, -0.2) is 106 Å². The van der Waals surface area contributed by atoms with E-state index < -0.39 is 81.0 Å². The molecule has 0 aromatic heterocycles. The van der Waals surface area contributed by atoms with Gasteiger partial charge in [-0.05, 0) is 59.9 Å². The van der Waals surface area contributed by atoms with Gasteiger partial charge in [0.1, 0.15) is 24.4 Å². The number of aliphatic hydroxyl groups excluding tert-OH is 3. The molecule has 2 heterocycles. The highest BCUT2D eigenvalue weighted by molar-refractivity contribution is 7.91. The number of anilines is 2. The Balaban J connectivity index is 1.45. The Morgan fingerprint density at radius 3 is 2.28 bits per heavy atom. The Kier molecular flexibility index (Phi) is 14.8. The molecule has 57 heavy (non-hydrogen) atoms. The number of sulfone groups is 1. The van der Waals surface area contributed by atoms with Gasteiger partial charge in [-0.25, -0.2) is 21.6 Å². The van der Waals surface area contributed by atoms with E-state index in [9.17, 15) is 41.5 Å². The molecule has 0 bridgehead atoms. The van der Waals surface area contributed by atoms with Crippen LogP contribution in [0.4, 0.5) is 16.2 Å². The highest BCUT2D eigenvalue weighted by Gasteiger charge is 2.50. The smallest absolute Gasteiger partial charge is 0.321 e. The summed E-state index contributed by atoms with van der Waals surface area (Å²) >= 11 is 0. The molecular formula is C40H54N3O12S2-. The van der Waals surface area contributed by atoms with E-state index in [1.807, 2.05) is 32.8 Å². The fourth-order valence-electron chi connectivity index (χ4n) is 7.80. The van der Waals surface area contributed by atoms with Gasteiger partial charge in [0.2, 0.25) is 10.4 Å². The van der Waals surface area contributed by atoms with Crippen molar-refractivity contribution in [1.29, 1.82) is 0 Å². The summed E-state index contributed by atoms with van der Waals surface area (Å²) in [7, 11) is -5.33. The first-order valence-corrected chi connectivity index (χ1v) is 22.1. The number of urea groups is 1. The molecule has 0 saturated carbocycles. The van der Waals surface area contributed by atoms with Crippen molar-refractivity contribution in [2.75, 3.05) is 36.7 Å². The standard InChI is InChI=1S/C40H55N3O12S2/c1-5-7-19-40(20-8-6-2)25-56(48,49)32-18-17-29(43(3)4)22-30(32)33(37(40)46)27-15-12-16-28(21-27)41-39(47)42-38-35(45)36(53-23-26-13-10-9-11-14-26)34(44)31(55-38)24-54-57(50,51)52/h9-18,21-22,31,33-38,44-46H,5-8,19-20,23-25H2,1-4H3,(H2,41,42,47)(H,50,51,52)/p-1/t31-,33-,34-,35-,36+,37-,38-/m1/s1. The van der Waals surface area contributed by atoms with Gasteiger partial charge in [0.05, 0.1) is 30.0 Å². The minimum absolute atomic E-state index is 0.0651. The summed E-state index contributed by atoms with van der Waals surface area (Å²) in [5, 5.41) is 39.9. The summed E-state index contributed by atoms with van der Waals surface area (Å²) in [5.41, 5.74) is 1.79. The van der Waals surface area contributed by atoms with Crippen LogP contribution >= 0.6 is 0 Å². The number of ether oxygens (including phenoxy) is 2. The van der Waals surface area contributed by atoms with Crippen molar-refractivity contribution in [2.45, 2.75) is 107 Å².